The van der Waals surface area contributed by atoms with Crippen LogP contribution in [0.25, 0.3) is 0 Å². The van der Waals surface area contributed by atoms with Gasteiger partial charge >= 0.3 is 0 Å². The van der Waals surface area contributed by atoms with E-state index in [2.05, 4.69) is 21.3 Å². The van der Waals surface area contributed by atoms with Crippen molar-refractivity contribution in [1.29, 1.82) is 0 Å². The zero-order valence-corrected chi connectivity index (χ0v) is 20.9. The van der Waals surface area contributed by atoms with E-state index in [0.29, 0.717) is 25.8 Å². The van der Waals surface area contributed by atoms with Crippen molar-refractivity contribution in [1.82, 2.24) is 21.3 Å². The quantitative estimate of drug-likeness (QED) is 0.328. The Kier molecular flexibility index (Phi) is 10.0. The Morgan fingerprint density at radius 3 is 2.38 bits per heavy atom. The van der Waals surface area contributed by atoms with Crippen molar-refractivity contribution in [3.05, 3.63) is 65.7 Å². The lowest BCUT2D eigenvalue weighted by Gasteiger charge is -2.25. The van der Waals surface area contributed by atoms with Crippen LogP contribution in [0.1, 0.15) is 37.3 Å². The fourth-order valence-corrected chi connectivity index (χ4v) is 4.08. The van der Waals surface area contributed by atoms with Gasteiger partial charge in [0.05, 0.1) is 6.04 Å². The molecule has 4 amide bonds. The molecule has 0 saturated carbocycles. The number of hydrogen-bond donors (Lipinski definition) is 6. The first-order chi connectivity index (χ1) is 17.7. The summed E-state index contributed by atoms with van der Waals surface area (Å²) in [4.78, 5) is 51.6. The van der Waals surface area contributed by atoms with Crippen molar-refractivity contribution in [2.24, 2.45) is 5.73 Å². The Morgan fingerprint density at radius 2 is 1.68 bits per heavy atom. The van der Waals surface area contributed by atoms with E-state index in [0.717, 1.165) is 11.1 Å². The fraction of sp³-hybridized carbons (Fsp3) is 0.407. The third-order valence-corrected chi connectivity index (χ3v) is 6.25. The van der Waals surface area contributed by atoms with Crippen LogP contribution in [-0.4, -0.2) is 59.4 Å². The topological polar surface area (TPSA) is 163 Å². The van der Waals surface area contributed by atoms with Gasteiger partial charge < -0.3 is 32.1 Å². The van der Waals surface area contributed by atoms with Crippen molar-refractivity contribution >= 4 is 23.6 Å². The number of rotatable bonds is 6. The predicted molar refractivity (Wildman–Crippen MR) is 138 cm³/mol. The van der Waals surface area contributed by atoms with Gasteiger partial charge in [-0.05, 0) is 55.9 Å². The van der Waals surface area contributed by atoms with Gasteiger partial charge in [0.2, 0.25) is 23.6 Å². The molecule has 1 saturated heterocycles. The van der Waals surface area contributed by atoms with E-state index in [4.69, 9.17) is 5.73 Å². The molecule has 37 heavy (non-hydrogen) atoms. The van der Waals surface area contributed by atoms with E-state index in [-0.39, 0.29) is 24.5 Å². The molecule has 1 aliphatic rings. The van der Waals surface area contributed by atoms with Crippen LogP contribution >= 0.6 is 0 Å². The number of nitrogens with two attached hydrogens (primary N) is 1. The summed E-state index contributed by atoms with van der Waals surface area (Å²) < 4.78 is 0. The van der Waals surface area contributed by atoms with Gasteiger partial charge in [-0.1, -0.05) is 42.5 Å². The summed E-state index contributed by atoms with van der Waals surface area (Å²) in [6.07, 6.45) is 1.91. The van der Waals surface area contributed by atoms with Crippen LogP contribution in [-0.2, 0) is 32.0 Å². The Morgan fingerprint density at radius 1 is 0.973 bits per heavy atom. The molecule has 0 bridgehead atoms. The Hall–Kier alpha value is -3.92. The number of amides is 4. The smallest absolute Gasteiger partial charge is 0.243 e. The fourth-order valence-electron chi connectivity index (χ4n) is 4.08. The predicted octanol–water partition coefficient (Wildman–Crippen LogP) is 0.279. The molecule has 198 valence electrons. The lowest BCUT2D eigenvalue weighted by atomic mass is 10.0. The van der Waals surface area contributed by atoms with Crippen molar-refractivity contribution in [2.75, 3.05) is 6.54 Å². The molecule has 10 heteroatoms. The van der Waals surface area contributed by atoms with Crippen LogP contribution in [0, 0.1) is 0 Å². The summed E-state index contributed by atoms with van der Waals surface area (Å²) in [6.45, 7) is 1.97. The van der Waals surface area contributed by atoms with Crippen LogP contribution in [0.3, 0.4) is 0 Å². The highest BCUT2D eigenvalue weighted by Gasteiger charge is 2.30. The van der Waals surface area contributed by atoms with Gasteiger partial charge in [0.15, 0.2) is 0 Å². The van der Waals surface area contributed by atoms with E-state index >= 15 is 0 Å². The minimum Gasteiger partial charge on any atom is -0.508 e. The monoisotopic (exact) mass is 509 g/mol. The number of phenolic OH excluding ortho intramolecular Hbond substituents is 1. The molecular formula is C27H35N5O5. The third-order valence-electron chi connectivity index (χ3n) is 6.25. The maximum absolute atomic E-state index is 13.3. The van der Waals surface area contributed by atoms with Gasteiger partial charge in [-0.15, -0.1) is 0 Å². The van der Waals surface area contributed by atoms with E-state index in [1.54, 1.807) is 19.1 Å². The van der Waals surface area contributed by atoms with Crippen molar-refractivity contribution in [3.63, 3.8) is 0 Å². The number of aromatic hydroxyl groups is 1. The normalized spacial score (nSPS) is 22.2. The molecule has 0 spiro atoms. The molecule has 2 aromatic carbocycles. The van der Waals surface area contributed by atoms with E-state index < -0.39 is 41.9 Å². The highest BCUT2D eigenvalue weighted by Crippen LogP contribution is 2.12. The van der Waals surface area contributed by atoms with Crippen LogP contribution in [0.15, 0.2) is 54.6 Å². The average Bonchev–Trinajstić information content (AvgIpc) is 2.88. The second-order valence-corrected chi connectivity index (χ2v) is 9.31. The standard InChI is InChI=1S/C27H35N5O5/c1-17-24(34)29-14-6-5-9-22(31-25(35)21(28)15-19-10-12-20(33)13-11-19)26(36)32-23(27(37)30-17)16-18-7-3-2-4-8-18/h2-4,7-8,10-13,17,21-23,33H,5-6,9,14-16,28H2,1H3,(H,29,34)(H,30,37)(H,31,35)(H,32,36)/t17-,21-,22?,23?/m0/s1. The van der Waals surface area contributed by atoms with E-state index in [1.165, 1.54) is 12.1 Å². The molecule has 2 aromatic rings. The molecule has 2 unspecified atom stereocenters. The first-order valence-electron chi connectivity index (χ1n) is 12.5. The maximum Gasteiger partial charge on any atom is 0.243 e. The molecule has 7 N–H and O–H groups in total. The molecule has 1 heterocycles. The maximum atomic E-state index is 13.3. The summed E-state index contributed by atoms with van der Waals surface area (Å²) >= 11 is 0. The molecular weight excluding hydrogens is 474 g/mol. The first kappa shape index (κ1) is 27.7. The molecule has 10 nitrogen and oxygen atoms in total. The Bertz CT molecular complexity index is 1080. The van der Waals surface area contributed by atoms with Gasteiger partial charge in [-0.25, -0.2) is 0 Å². The van der Waals surface area contributed by atoms with Gasteiger partial charge in [0.25, 0.3) is 0 Å². The number of carbonyl (C=O) groups excluding carboxylic acids is 4. The van der Waals surface area contributed by atoms with E-state index in [9.17, 15) is 24.3 Å². The van der Waals surface area contributed by atoms with Gasteiger partial charge in [0.1, 0.15) is 23.9 Å². The number of carbonyl (C=O) groups is 4. The second-order valence-electron chi connectivity index (χ2n) is 9.31. The summed E-state index contributed by atoms with van der Waals surface area (Å²) in [7, 11) is 0. The molecule has 3 rings (SSSR count). The molecule has 0 aliphatic carbocycles. The molecule has 0 aromatic heterocycles. The van der Waals surface area contributed by atoms with Gasteiger partial charge in [-0.3, -0.25) is 19.2 Å². The molecule has 4 atom stereocenters. The molecule has 1 fully saturated rings. The van der Waals surface area contributed by atoms with Gasteiger partial charge in [0, 0.05) is 13.0 Å². The summed E-state index contributed by atoms with van der Waals surface area (Å²) in [6, 6.07) is 12.1. The lowest BCUT2D eigenvalue weighted by Crippen LogP contribution is -2.57. The summed E-state index contributed by atoms with van der Waals surface area (Å²) in [5.41, 5.74) is 7.71. The SMILES string of the molecule is C[C@@H]1NC(=O)C(Cc2ccccc2)NC(=O)C(NC(=O)[C@@H](N)Cc2ccc(O)cc2)CCCCNC1=O. The summed E-state index contributed by atoms with van der Waals surface area (Å²) in [5, 5.41) is 20.4. The second kappa shape index (κ2) is 13.4. The zero-order chi connectivity index (χ0) is 26.8. The van der Waals surface area contributed by atoms with Crippen molar-refractivity contribution in [3.8, 4) is 5.75 Å². The summed E-state index contributed by atoms with van der Waals surface area (Å²) in [5.74, 6) is -1.67. The van der Waals surface area contributed by atoms with Crippen LogP contribution < -0.4 is 27.0 Å². The highest BCUT2D eigenvalue weighted by molar-refractivity contribution is 5.94. The minimum absolute atomic E-state index is 0.113. The van der Waals surface area contributed by atoms with E-state index in [1.807, 2.05) is 30.3 Å². The Balaban J connectivity index is 1.75. The number of benzene rings is 2. The number of nitrogens with one attached hydrogen (secondary N) is 4. The lowest BCUT2D eigenvalue weighted by molar-refractivity contribution is -0.133. The van der Waals surface area contributed by atoms with Crippen LogP contribution in [0.4, 0.5) is 0 Å². The third kappa shape index (κ3) is 8.60. The number of hydrogen-bond acceptors (Lipinski definition) is 6. The molecule has 0 radical (unpaired) electrons. The molecule has 1 aliphatic heterocycles. The van der Waals surface area contributed by atoms with Crippen LogP contribution in [0.5, 0.6) is 5.75 Å². The number of phenols is 1. The van der Waals surface area contributed by atoms with Gasteiger partial charge in [-0.2, -0.15) is 0 Å². The minimum atomic E-state index is -0.948. The van der Waals surface area contributed by atoms with Crippen molar-refractivity contribution < 1.29 is 24.3 Å². The van der Waals surface area contributed by atoms with Crippen LogP contribution in [0.2, 0.25) is 0 Å². The largest absolute Gasteiger partial charge is 0.508 e. The Labute approximate surface area is 216 Å². The first-order valence-corrected chi connectivity index (χ1v) is 12.5. The van der Waals surface area contributed by atoms with Crippen molar-refractivity contribution in [2.45, 2.75) is 63.2 Å². The highest BCUT2D eigenvalue weighted by atomic mass is 16.3. The average molecular weight is 510 g/mol. The zero-order valence-electron chi connectivity index (χ0n) is 20.9.